The van der Waals surface area contributed by atoms with Gasteiger partial charge in [-0.25, -0.2) is 0 Å². The molecule has 0 N–H and O–H groups in total. The molecule has 1 rings (SSSR count). The number of rotatable bonds is 5. The van der Waals surface area contributed by atoms with Gasteiger partial charge in [0.15, 0.2) is 5.75 Å². The fourth-order valence-corrected chi connectivity index (χ4v) is 1.26. The fourth-order valence-electron chi connectivity index (χ4n) is 1.18. The van der Waals surface area contributed by atoms with Crippen LogP contribution in [0.1, 0.15) is 5.56 Å². The summed E-state index contributed by atoms with van der Waals surface area (Å²) in [7, 11) is 0. The van der Waals surface area contributed by atoms with Gasteiger partial charge in [0.05, 0.1) is 4.92 Å². The molecule has 0 saturated carbocycles. The number of hydrogen-bond acceptors (Lipinski definition) is 3. The molecule has 16 heavy (non-hydrogen) atoms. The summed E-state index contributed by atoms with van der Waals surface area (Å²) in [5.74, 6) is 0.554. The molecule has 5 heteroatoms. The second kappa shape index (κ2) is 5.51. The van der Waals surface area contributed by atoms with Gasteiger partial charge >= 0.3 is 5.69 Å². The average molecular weight is 242 g/mol. The summed E-state index contributed by atoms with van der Waals surface area (Å²) in [6.07, 6.45) is 0. The van der Waals surface area contributed by atoms with Crippen molar-refractivity contribution < 1.29 is 9.66 Å². The van der Waals surface area contributed by atoms with Crippen molar-refractivity contribution in [2.75, 3.05) is 12.5 Å². The van der Waals surface area contributed by atoms with Crippen LogP contribution in [0.25, 0.3) is 0 Å². The Morgan fingerprint density at radius 1 is 1.62 bits per heavy atom. The van der Waals surface area contributed by atoms with Crippen molar-refractivity contribution in [2.45, 2.75) is 6.92 Å². The number of nitro groups is 1. The van der Waals surface area contributed by atoms with Gasteiger partial charge in [-0.3, -0.25) is 10.1 Å². The summed E-state index contributed by atoms with van der Waals surface area (Å²) >= 11 is 5.55. The minimum absolute atomic E-state index is 0.0395. The Bertz CT molecular complexity index is 418. The highest BCUT2D eigenvalue weighted by Crippen LogP contribution is 2.30. The standard InChI is InChI=1S/C11H12ClNO3/c1-8(6-12)7-16-11-9(2)4-3-5-10(11)13(14)15/h3-5H,1,6-7H2,2H3. The van der Waals surface area contributed by atoms with Crippen LogP contribution in [-0.2, 0) is 0 Å². The Morgan fingerprint density at radius 3 is 2.88 bits per heavy atom. The number of aryl methyl sites for hydroxylation is 1. The summed E-state index contributed by atoms with van der Waals surface area (Å²) in [6.45, 7) is 5.61. The van der Waals surface area contributed by atoms with Crippen molar-refractivity contribution in [1.82, 2.24) is 0 Å². The lowest BCUT2D eigenvalue weighted by molar-refractivity contribution is -0.385. The van der Waals surface area contributed by atoms with E-state index < -0.39 is 4.92 Å². The number of nitrogens with zero attached hydrogens (tertiary/aromatic N) is 1. The predicted octanol–water partition coefficient (Wildman–Crippen LogP) is 3.08. The van der Waals surface area contributed by atoms with Crippen molar-refractivity contribution in [2.24, 2.45) is 0 Å². The van der Waals surface area contributed by atoms with Crippen molar-refractivity contribution in [3.05, 3.63) is 46.0 Å². The maximum atomic E-state index is 10.8. The maximum absolute atomic E-state index is 10.8. The normalized spacial score (nSPS) is 9.88. The largest absolute Gasteiger partial charge is 0.482 e. The molecule has 0 radical (unpaired) electrons. The number of nitro benzene ring substituents is 1. The van der Waals surface area contributed by atoms with Gasteiger partial charge in [-0.05, 0) is 18.1 Å². The first kappa shape index (κ1) is 12.5. The topological polar surface area (TPSA) is 52.4 Å². The van der Waals surface area contributed by atoms with E-state index in [1.807, 2.05) is 0 Å². The van der Waals surface area contributed by atoms with Gasteiger partial charge in [0, 0.05) is 11.9 Å². The Balaban J connectivity index is 2.93. The molecular weight excluding hydrogens is 230 g/mol. The molecule has 0 aliphatic heterocycles. The van der Waals surface area contributed by atoms with Gasteiger partial charge in [-0.1, -0.05) is 18.7 Å². The van der Waals surface area contributed by atoms with E-state index in [2.05, 4.69) is 6.58 Å². The third kappa shape index (κ3) is 2.97. The molecular formula is C11H12ClNO3. The van der Waals surface area contributed by atoms with Crippen molar-refractivity contribution in [1.29, 1.82) is 0 Å². The van der Waals surface area contributed by atoms with E-state index in [9.17, 15) is 10.1 Å². The lowest BCUT2D eigenvalue weighted by atomic mass is 10.2. The number of halogens is 1. The number of hydrogen-bond donors (Lipinski definition) is 0. The average Bonchev–Trinajstić information content (AvgIpc) is 2.26. The van der Waals surface area contributed by atoms with Crippen LogP contribution < -0.4 is 4.74 Å². The van der Waals surface area contributed by atoms with E-state index in [0.717, 1.165) is 5.56 Å². The summed E-state index contributed by atoms with van der Waals surface area (Å²) in [4.78, 5) is 10.3. The zero-order valence-corrected chi connectivity index (χ0v) is 9.66. The van der Waals surface area contributed by atoms with Crippen LogP contribution in [0, 0.1) is 17.0 Å². The molecule has 0 atom stereocenters. The number of ether oxygens (including phenoxy) is 1. The third-order valence-electron chi connectivity index (χ3n) is 2.00. The summed E-state index contributed by atoms with van der Waals surface area (Å²) < 4.78 is 5.36. The SMILES string of the molecule is C=C(CCl)COc1c(C)cccc1[N+](=O)[O-]. The lowest BCUT2D eigenvalue weighted by Gasteiger charge is -2.09. The quantitative estimate of drug-likeness (QED) is 0.345. The van der Waals surface area contributed by atoms with Crippen molar-refractivity contribution >= 4 is 17.3 Å². The molecule has 0 aromatic heterocycles. The van der Waals surface area contributed by atoms with E-state index in [-0.39, 0.29) is 23.9 Å². The molecule has 0 amide bonds. The summed E-state index contributed by atoms with van der Waals surface area (Å²) in [6, 6.07) is 4.79. The fraction of sp³-hybridized carbons (Fsp3) is 0.273. The molecule has 0 heterocycles. The maximum Gasteiger partial charge on any atom is 0.311 e. The van der Waals surface area contributed by atoms with E-state index in [1.165, 1.54) is 6.07 Å². The molecule has 0 unspecified atom stereocenters. The van der Waals surface area contributed by atoms with E-state index >= 15 is 0 Å². The molecule has 86 valence electrons. The second-order valence-corrected chi connectivity index (χ2v) is 3.62. The smallest absolute Gasteiger partial charge is 0.311 e. The molecule has 1 aromatic rings. The first-order chi connectivity index (χ1) is 7.56. The minimum Gasteiger partial charge on any atom is -0.482 e. The molecule has 0 fully saturated rings. The van der Waals surface area contributed by atoms with Gasteiger partial charge in [-0.15, -0.1) is 11.6 Å². The number of alkyl halides is 1. The zero-order chi connectivity index (χ0) is 12.1. The van der Waals surface area contributed by atoms with Gasteiger partial charge in [0.25, 0.3) is 0 Å². The van der Waals surface area contributed by atoms with Crippen LogP contribution in [0.5, 0.6) is 5.75 Å². The van der Waals surface area contributed by atoms with Crippen LogP contribution in [0.2, 0.25) is 0 Å². The van der Waals surface area contributed by atoms with E-state index in [0.29, 0.717) is 5.57 Å². The monoisotopic (exact) mass is 241 g/mol. The second-order valence-electron chi connectivity index (χ2n) is 3.35. The van der Waals surface area contributed by atoms with Crippen molar-refractivity contribution in [3.63, 3.8) is 0 Å². The third-order valence-corrected chi connectivity index (χ3v) is 2.38. The van der Waals surface area contributed by atoms with Crippen molar-refractivity contribution in [3.8, 4) is 5.75 Å². The first-order valence-corrected chi connectivity index (χ1v) is 5.19. The Kier molecular flexibility index (Phi) is 4.31. The molecule has 0 aliphatic rings. The summed E-state index contributed by atoms with van der Waals surface area (Å²) in [5, 5.41) is 10.8. The van der Waals surface area contributed by atoms with Gasteiger partial charge in [-0.2, -0.15) is 0 Å². The highest BCUT2D eigenvalue weighted by atomic mass is 35.5. The molecule has 0 saturated heterocycles. The van der Waals surface area contributed by atoms with Gasteiger partial charge in [0.2, 0.25) is 0 Å². The highest BCUT2D eigenvalue weighted by molar-refractivity contribution is 6.19. The van der Waals surface area contributed by atoms with E-state index in [4.69, 9.17) is 16.3 Å². The molecule has 0 bridgehead atoms. The molecule has 1 aromatic carbocycles. The predicted molar refractivity (Wildman–Crippen MR) is 63.2 cm³/mol. The Hall–Kier alpha value is -1.55. The molecule has 4 nitrogen and oxygen atoms in total. The molecule has 0 spiro atoms. The van der Waals surface area contributed by atoms with Crippen LogP contribution in [0.15, 0.2) is 30.4 Å². The van der Waals surface area contributed by atoms with Gasteiger partial charge in [0.1, 0.15) is 6.61 Å². The van der Waals surface area contributed by atoms with Gasteiger partial charge < -0.3 is 4.74 Å². The summed E-state index contributed by atoms with van der Waals surface area (Å²) in [5.41, 5.74) is 1.36. The Morgan fingerprint density at radius 2 is 2.31 bits per heavy atom. The van der Waals surface area contributed by atoms with Crippen LogP contribution >= 0.6 is 11.6 Å². The number of benzene rings is 1. The zero-order valence-electron chi connectivity index (χ0n) is 8.90. The number of para-hydroxylation sites is 1. The van der Waals surface area contributed by atoms with Crippen LogP contribution in [-0.4, -0.2) is 17.4 Å². The molecule has 0 aliphatic carbocycles. The highest BCUT2D eigenvalue weighted by Gasteiger charge is 2.16. The van der Waals surface area contributed by atoms with E-state index in [1.54, 1.807) is 19.1 Å². The first-order valence-electron chi connectivity index (χ1n) is 4.65. The van der Waals surface area contributed by atoms with Crippen LogP contribution in [0.4, 0.5) is 5.69 Å². The lowest BCUT2D eigenvalue weighted by Crippen LogP contribution is -2.04. The minimum atomic E-state index is -0.466. The van der Waals surface area contributed by atoms with Crippen LogP contribution in [0.3, 0.4) is 0 Å². The Labute approximate surface area is 98.6 Å².